The molecule has 0 fully saturated rings. The van der Waals surface area contributed by atoms with Gasteiger partial charge in [-0.05, 0) is 42.0 Å². The summed E-state index contributed by atoms with van der Waals surface area (Å²) in [4.78, 5) is 0. The van der Waals surface area contributed by atoms with Crippen LogP contribution in [0.25, 0.3) is 0 Å². The van der Waals surface area contributed by atoms with E-state index in [-0.39, 0.29) is 0 Å². The van der Waals surface area contributed by atoms with Gasteiger partial charge in [-0.15, -0.1) is 10.2 Å². The molecule has 3 aromatic rings. The van der Waals surface area contributed by atoms with Gasteiger partial charge >= 0.3 is 0 Å². The first-order valence-electron chi connectivity index (χ1n) is 6.76. The Hall–Kier alpha value is -2.37. The van der Waals surface area contributed by atoms with Crippen molar-refractivity contribution in [2.24, 2.45) is 5.10 Å². The van der Waals surface area contributed by atoms with Crippen LogP contribution in [0.4, 0.5) is 0 Å². The Morgan fingerprint density at radius 2 is 1.78 bits per heavy atom. The van der Waals surface area contributed by atoms with Gasteiger partial charge in [0.15, 0.2) is 0 Å². The van der Waals surface area contributed by atoms with E-state index in [2.05, 4.69) is 15.3 Å². The van der Waals surface area contributed by atoms with Crippen molar-refractivity contribution in [2.75, 3.05) is 0 Å². The van der Waals surface area contributed by atoms with Crippen LogP contribution in [-0.2, 0) is 6.61 Å². The lowest BCUT2D eigenvalue weighted by Crippen LogP contribution is -1.96. The zero-order valence-electron chi connectivity index (χ0n) is 11.9. The third kappa shape index (κ3) is 4.31. The van der Waals surface area contributed by atoms with Crippen molar-refractivity contribution in [1.82, 2.24) is 14.9 Å². The third-order valence-corrected chi connectivity index (χ3v) is 3.62. The van der Waals surface area contributed by atoms with Crippen LogP contribution < -0.4 is 4.74 Å². The van der Waals surface area contributed by atoms with Crippen molar-refractivity contribution < 1.29 is 4.74 Å². The van der Waals surface area contributed by atoms with Gasteiger partial charge in [-0.3, -0.25) is 0 Å². The number of rotatable bonds is 5. The number of hydrogen-bond donors (Lipinski definition) is 0. The van der Waals surface area contributed by atoms with Crippen LogP contribution in [-0.4, -0.2) is 21.1 Å². The fourth-order valence-electron chi connectivity index (χ4n) is 1.84. The molecule has 23 heavy (non-hydrogen) atoms. The second-order valence-corrected chi connectivity index (χ2v) is 5.52. The lowest BCUT2D eigenvalue weighted by molar-refractivity contribution is 0.306. The molecular formula is C16H12Cl2N4O. The summed E-state index contributed by atoms with van der Waals surface area (Å²) in [5.74, 6) is 0.748. The Balaban J connectivity index is 1.61. The van der Waals surface area contributed by atoms with E-state index < -0.39 is 0 Å². The Morgan fingerprint density at radius 1 is 1.04 bits per heavy atom. The Morgan fingerprint density at radius 3 is 2.48 bits per heavy atom. The summed E-state index contributed by atoms with van der Waals surface area (Å²) in [7, 11) is 0. The molecule has 0 aliphatic heterocycles. The molecule has 0 spiro atoms. The molecule has 0 atom stereocenters. The van der Waals surface area contributed by atoms with E-state index >= 15 is 0 Å². The molecule has 1 aromatic heterocycles. The molecule has 0 amide bonds. The fourth-order valence-corrected chi connectivity index (χ4v) is 2.30. The van der Waals surface area contributed by atoms with E-state index in [1.54, 1.807) is 18.3 Å². The molecule has 2 aromatic carbocycles. The average molecular weight is 347 g/mol. The predicted octanol–water partition coefficient (Wildman–Crippen LogP) is 4.05. The molecule has 0 unspecified atom stereocenters. The fraction of sp³-hybridized carbons (Fsp3) is 0.0625. The number of nitrogens with zero attached hydrogens (tertiary/aromatic N) is 4. The van der Waals surface area contributed by atoms with E-state index in [0.29, 0.717) is 16.7 Å². The second kappa shape index (κ2) is 7.26. The Bertz CT molecular complexity index is 801. The molecule has 116 valence electrons. The highest BCUT2D eigenvalue weighted by atomic mass is 35.5. The van der Waals surface area contributed by atoms with Crippen molar-refractivity contribution in [1.29, 1.82) is 0 Å². The van der Waals surface area contributed by atoms with Crippen molar-refractivity contribution in [3.63, 3.8) is 0 Å². The SMILES string of the molecule is Clc1ccc(COc2ccc(/C=N/n3cnnc3)cc2)c(Cl)c1. The van der Waals surface area contributed by atoms with Gasteiger partial charge in [0.05, 0.1) is 6.21 Å². The summed E-state index contributed by atoms with van der Waals surface area (Å²) in [5.41, 5.74) is 1.82. The summed E-state index contributed by atoms with van der Waals surface area (Å²) in [6, 6.07) is 12.9. The molecule has 5 nitrogen and oxygen atoms in total. The molecular weight excluding hydrogens is 335 g/mol. The minimum Gasteiger partial charge on any atom is -0.489 e. The Kier molecular flexibility index (Phi) is 4.90. The summed E-state index contributed by atoms with van der Waals surface area (Å²) in [5, 5.41) is 12.7. The topological polar surface area (TPSA) is 52.3 Å². The average Bonchev–Trinajstić information content (AvgIpc) is 3.07. The van der Waals surface area contributed by atoms with Crippen molar-refractivity contribution in [3.05, 3.63) is 76.3 Å². The van der Waals surface area contributed by atoms with E-state index in [1.165, 1.54) is 17.3 Å². The lowest BCUT2D eigenvalue weighted by atomic mass is 10.2. The van der Waals surface area contributed by atoms with Crippen LogP contribution in [0.3, 0.4) is 0 Å². The molecule has 1 heterocycles. The predicted molar refractivity (Wildman–Crippen MR) is 90.3 cm³/mol. The highest BCUT2D eigenvalue weighted by molar-refractivity contribution is 6.35. The quantitative estimate of drug-likeness (QED) is 0.655. The first-order chi connectivity index (χ1) is 11.2. The van der Waals surface area contributed by atoms with Gasteiger partial charge in [-0.2, -0.15) is 5.10 Å². The van der Waals surface area contributed by atoms with E-state index in [9.17, 15) is 0 Å². The van der Waals surface area contributed by atoms with Crippen LogP contribution in [0.1, 0.15) is 11.1 Å². The summed E-state index contributed by atoms with van der Waals surface area (Å²) in [6.07, 6.45) is 4.75. The number of aromatic nitrogens is 3. The molecule has 0 aliphatic rings. The summed E-state index contributed by atoms with van der Waals surface area (Å²) >= 11 is 12.0. The van der Waals surface area contributed by atoms with Gasteiger partial charge in [0.2, 0.25) is 0 Å². The van der Waals surface area contributed by atoms with E-state index in [4.69, 9.17) is 27.9 Å². The number of benzene rings is 2. The van der Waals surface area contributed by atoms with Gasteiger partial charge in [-0.25, -0.2) is 4.68 Å². The van der Waals surface area contributed by atoms with Gasteiger partial charge in [0.25, 0.3) is 0 Å². The minimum absolute atomic E-state index is 0.379. The molecule has 3 rings (SSSR count). The standard InChI is InChI=1S/C16H12Cl2N4O/c17-14-4-3-13(16(18)7-14)9-23-15-5-1-12(2-6-15)8-21-22-10-19-20-11-22/h1-8,10-11H,9H2/b21-8+. The zero-order chi connectivity index (χ0) is 16.1. The molecule has 7 heteroatoms. The third-order valence-electron chi connectivity index (χ3n) is 3.04. The van der Waals surface area contributed by atoms with Gasteiger partial charge < -0.3 is 4.74 Å². The minimum atomic E-state index is 0.379. The van der Waals surface area contributed by atoms with Crippen LogP contribution in [0.5, 0.6) is 5.75 Å². The maximum Gasteiger partial charge on any atom is 0.141 e. The van der Waals surface area contributed by atoms with Crippen LogP contribution in [0, 0.1) is 0 Å². The molecule has 0 radical (unpaired) electrons. The molecule has 0 aliphatic carbocycles. The summed E-state index contributed by atoms with van der Waals surface area (Å²) in [6.45, 7) is 0.379. The molecule has 0 bridgehead atoms. The number of halogens is 2. The highest BCUT2D eigenvalue weighted by Gasteiger charge is 2.02. The highest BCUT2D eigenvalue weighted by Crippen LogP contribution is 2.22. The molecule has 0 N–H and O–H groups in total. The molecule has 0 saturated heterocycles. The number of ether oxygens (including phenoxy) is 1. The van der Waals surface area contributed by atoms with Crippen LogP contribution in [0.15, 0.2) is 60.2 Å². The normalized spacial score (nSPS) is 11.0. The monoisotopic (exact) mass is 346 g/mol. The van der Waals surface area contributed by atoms with Gasteiger partial charge in [-0.1, -0.05) is 29.3 Å². The maximum absolute atomic E-state index is 6.12. The maximum atomic E-state index is 6.12. The molecule has 0 saturated carbocycles. The largest absolute Gasteiger partial charge is 0.489 e. The van der Waals surface area contributed by atoms with E-state index in [1.807, 2.05) is 30.3 Å². The Labute approximate surface area is 143 Å². The first-order valence-corrected chi connectivity index (χ1v) is 7.52. The van der Waals surface area contributed by atoms with Crippen molar-refractivity contribution in [3.8, 4) is 5.75 Å². The summed E-state index contributed by atoms with van der Waals surface area (Å²) < 4.78 is 7.24. The van der Waals surface area contributed by atoms with Crippen LogP contribution in [0.2, 0.25) is 10.0 Å². The second-order valence-electron chi connectivity index (χ2n) is 4.68. The zero-order valence-corrected chi connectivity index (χ0v) is 13.4. The first kappa shape index (κ1) is 15.5. The van der Waals surface area contributed by atoms with E-state index in [0.717, 1.165) is 16.9 Å². The number of hydrogen-bond acceptors (Lipinski definition) is 4. The van der Waals surface area contributed by atoms with Crippen molar-refractivity contribution in [2.45, 2.75) is 6.61 Å². The van der Waals surface area contributed by atoms with Gasteiger partial charge in [0.1, 0.15) is 25.0 Å². The lowest BCUT2D eigenvalue weighted by Gasteiger charge is -2.08. The smallest absolute Gasteiger partial charge is 0.141 e. The van der Waals surface area contributed by atoms with Crippen LogP contribution >= 0.6 is 23.2 Å². The van der Waals surface area contributed by atoms with Gasteiger partial charge in [0, 0.05) is 15.6 Å². The van der Waals surface area contributed by atoms with Crippen molar-refractivity contribution >= 4 is 29.4 Å².